The third kappa shape index (κ3) is 4.31. The molecule has 4 rings (SSSR count). The van der Waals surface area contributed by atoms with Gasteiger partial charge in [0.1, 0.15) is 11.7 Å². The SMILES string of the molecule is CC(C)(C)OC(=O)[C@]1(Cc2ccccc2)O[C@H](c2cccs2)O[C@@H]1c1cccs1. The van der Waals surface area contributed by atoms with Crippen molar-refractivity contribution in [1.82, 2.24) is 0 Å². The lowest BCUT2D eigenvalue weighted by Gasteiger charge is -2.33. The fraction of sp³-hybridized carbons (Fsp3) is 0.348. The summed E-state index contributed by atoms with van der Waals surface area (Å²) in [5, 5.41) is 3.96. The maximum Gasteiger partial charge on any atom is 0.342 e. The average molecular weight is 429 g/mol. The molecule has 3 aromatic rings. The van der Waals surface area contributed by atoms with Crippen molar-refractivity contribution in [2.24, 2.45) is 0 Å². The number of hydrogen-bond donors (Lipinski definition) is 0. The van der Waals surface area contributed by atoms with Crippen molar-refractivity contribution in [3.63, 3.8) is 0 Å². The Hall–Kier alpha value is -1.99. The van der Waals surface area contributed by atoms with Crippen molar-refractivity contribution in [2.75, 3.05) is 0 Å². The van der Waals surface area contributed by atoms with E-state index >= 15 is 0 Å². The predicted molar refractivity (Wildman–Crippen MR) is 115 cm³/mol. The zero-order valence-corrected chi connectivity index (χ0v) is 18.3. The number of benzene rings is 1. The van der Waals surface area contributed by atoms with Crippen molar-refractivity contribution in [1.29, 1.82) is 0 Å². The van der Waals surface area contributed by atoms with Crippen LogP contribution >= 0.6 is 22.7 Å². The van der Waals surface area contributed by atoms with E-state index in [1.807, 2.05) is 86.1 Å². The van der Waals surface area contributed by atoms with Crippen molar-refractivity contribution >= 4 is 28.6 Å². The second-order valence-corrected chi connectivity index (χ2v) is 10.0. The van der Waals surface area contributed by atoms with E-state index in [0.29, 0.717) is 6.42 Å². The second kappa shape index (κ2) is 8.03. The lowest BCUT2D eigenvalue weighted by Crippen LogP contribution is -2.48. The fourth-order valence-electron chi connectivity index (χ4n) is 3.43. The van der Waals surface area contributed by atoms with Gasteiger partial charge < -0.3 is 14.2 Å². The molecule has 1 fully saturated rings. The first kappa shape index (κ1) is 20.3. The molecule has 3 heterocycles. The smallest absolute Gasteiger partial charge is 0.342 e. The standard InChI is InChI=1S/C23H24O4S2/c1-22(2,3)27-21(24)23(15-16-9-5-4-6-10-16)19(17-11-7-13-28-17)25-20(26-23)18-12-8-14-29-18/h4-14,19-20H,15H2,1-3H3/t19-,20-,23-/m1/s1. The van der Waals surface area contributed by atoms with Gasteiger partial charge in [0.25, 0.3) is 0 Å². The molecule has 0 radical (unpaired) electrons. The van der Waals surface area contributed by atoms with E-state index in [2.05, 4.69) is 0 Å². The maximum absolute atomic E-state index is 13.6. The van der Waals surface area contributed by atoms with Gasteiger partial charge in [0.2, 0.25) is 5.60 Å². The van der Waals surface area contributed by atoms with E-state index in [1.165, 1.54) is 0 Å². The molecule has 3 atom stereocenters. The number of esters is 1. The predicted octanol–water partition coefficient (Wildman–Crippen LogP) is 5.92. The Morgan fingerprint density at radius 2 is 1.66 bits per heavy atom. The molecule has 0 aliphatic carbocycles. The molecule has 152 valence electrons. The first-order valence-corrected chi connectivity index (χ1v) is 11.3. The van der Waals surface area contributed by atoms with E-state index in [-0.39, 0.29) is 0 Å². The summed E-state index contributed by atoms with van der Waals surface area (Å²) in [6.07, 6.45) is -0.796. The quantitative estimate of drug-likeness (QED) is 0.473. The number of carbonyl (C=O) groups excluding carboxylic acids is 1. The molecular formula is C23H24O4S2. The lowest BCUT2D eigenvalue weighted by atomic mass is 9.87. The summed E-state index contributed by atoms with van der Waals surface area (Å²) in [7, 11) is 0. The lowest BCUT2D eigenvalue weighted by molar-refractivity contribution is -0.184. The van der Waals surface area contributed by atoms with Gasteiger partial charge >= 0.3 is 5.97 Å². The fourth-order valence-corrected chi connectivity index (χ4v) is 4.95. The molecule has 2 aromatic heterocycles. The molecule has 4 nitrogen and oxygen atoms in total. The zero-order valence-electron chi connectivity index (χ0n) is 16.7. The number of thiophene rings is 2. The largest absolute Gasteiger partial charge is 0.458 e. The monoisotopic (exact) mass is 428 g/mol. The molecule has 0 spiro atoms. The normalized spacial score (nSPS) is 24.5. The van der Waals surface area contributed by atoms with Gasteiger partial charge in [-0.05, 0) is 49.2 Å². The first-order chi connectivity index (χ1) is 13.9. The summed E-state index contributed by atoms with van der Waals surface area (Å²) in [6, 6.07) is 17.8. The van der Waals surface area contributed by atoms with Crippen molar-refractivity contribution in [2.45, 2.75) is 50.8 Å². The number of rotatable bonds is 5. The Labute approximate surface area is 179 Å². The molecule has 0 amide bonds. The Morgan fingerprint density at radius 1 is 1.00 bits per heavy atom. The van der Waals surface area contributed by atoms with Gasteiger partial charge in [-0.25, -0.2) is 4.79 Å². The molecule has 1 aliphatic heterocycles. The minimum atomic E-state index is -1.27. The van der Waals surface area contributed by atoms with Crippen LogP contribution in [0.15, 0.2) is 65.4 Å². The van der Waals surface area contributed by atoms with Crippen LogP contribution in [0.5, 0.6) is 0 Å². The first-order valence-electron chi connectivity index (χ1n) is 9.55. The molecule has 0 unspecified atom stereocenters. The summed E-state index contributed by atoms with van der Waals surface area (Å²) in [4.78, 5) is 15.5. The average Bonchev–Trinajstić information content (AvgIpc) is 3.42. The van der Waals surface area contributed by atoms with Crippen LogP contribution in [0.25, 0.3) is 0 Å². The van der Waals surface area contributed by atoms with E-state index in [4.69, 9.17) is 14.2 Å². The summed E-state index contributed by atoms with van der Waals surface area (Å²) in [5.41, 5.74) is -0.908. The van der Waals surface area contributed by atoms with E-state index in [1.54, 1.807) is 22.7 Å². The van der Waals surface area contributed by atoms with Crippen LogP contribution in [-0.4, -0.2) is 17.2 Å². The minimum Gasteiger partial charge on any atom is -0.458 e. The second-order valence-electron chi connectivity index (χ2n) is 8.05. The highest BCUT2D eigenvalue weighted by Gasteiger charge is 2.58. The summed E-state index contributed by atoms with van der Waals surface area (Å²) >= 11 is 3.11. The van der Waals surface area contributed by atoms with Gasteiger partial charge in [0.05, 0.1) is 4.88 Å². The molecular weight excluding hydrogens is 404 g/mol. The number of hydrogen-bond acceptors (Lipinski definition) is 6. The van der Waals surface area contributed by atoms with Gasteiger partial charge in [-0.3, -0.25) is 0 Å². The molecule has 0 N–H and O–H groups in total. The van der Waals surface area contributed by atoms with E-state index in [9.17, 15) is 4.79 Å². The Morgan fingerprint density at radius 3 is 2.24 bits per heavy atom. The van der Waals surface area contributed by atoms with Gasteiger partial charge in [-0.15, -0.1) is 22.7 Å². The summed E-state index contributed by atoms with van der Waals surface area (Å²) in [6.45, 7) is 5.61. The molecule has 1 aliphatic rings. The molecule has 1 aromatic carbocycles. The Balaban J connectivity index is 1.79. The Bertz CT molecular complexity index is 929. The van der Waals surface area contributed by atoms with Crippen LogP contribution < -0.4 is 0 Å². The molecule has 0 saturated carbocycles. The van der Waals surface area contributed by atoms with E-state index in [0.717, 1.165) is 15.3 Å². The van der Waals surface area contributed by atoms with Crippen molar-refractivity contribution in [3.05, 3.63) is 80.7 Å². The highest BCUT2D eigenvalue weighted by molar-refractivity contribution is 7.10. The summed E-state index contributed by atoms with van der Waals surface area (Å²) in [5.74, 6) is -0.397. The van der Waals surface area contributed by atoms with Gasteiger partial charge in [-0.2, -0.15) is 0 Å². The minimum absolute atomic E-state index is 0.368. The van der Waals surface area contributed by atoms with E-state index < -0.39 is 29.6 Å². The topological polar surface area (TPSA) is 44.8 Å². The highest BCUT2D eigenvalue weighted by atomic mass is 32.1. The van der Waals surface area contributed by atoms with Gasteiger partial charge in [-0.1, -0.05) is 42.5 Å². The zero-order chi connectivity index (χ0) is 20.5. The van der Waals surface area contributed by atoms with Crippen LogP contribution in [0.1, 0.15) is 48.5 Å². The van der Waals surface area contributed by atoms with Crippen LogP contribution in [0, 0.1) is 0 Å². The third-order valence-electron chi connectivity index (χ3n) is 4.63. The van der Waals surface area contributed by atoms with Crippen molar-refractivity contribution < 1.29 is 19.0 Å². The number of ether oxygens (including phenoxy) is 3. The van der Waals surface area contributed by atoms with Crippen LogP contribution in [0.3, 0.4) is 0 Å². The van der Waals surface area contributed by atoms with Crippen molar-refractivity contribution in [3.8, 4) is 0 Å². The van der Waals surface area contributed by atoms with Gasteiger partial charge in [0, 0.05) is 11.3 Å². The number of carbonyl (C=O) groups is 1. The molecule has 1 saturated heterocycles. The Kier molecular flexibility index (Phi) is 5.62. The molecule has 0 bridgehead atoms. The van der Waals surface area contributed by atoms with Crippen LogP contribution in [0.2, 0.25) is 0 Å². The molecule has 29 heavy (non-hydrogen) atoms. The van der Waals surface area contributed by atoms with Crippen LogP contribution in [-0.2, 0) is 25.4 Å². The summed E-state index contributed by atoms with van der Waals surface area (Å²) < 4.78 is 18.7. The molecule has 6 heteroatoms. The van der Waals surface area contributed by atoms with Crippen LogP contribution in [0.4, 0.5) is 0 Å². The third-order valence-corrected chi connectivity index (χ3v) is 6.44. The maximum atomic E-state index is 13.6. The highest BCUT2D eigenvalue weighted by Crippen LogP contribution is 2.51. The van der Waals surface area contributed by atoms with Gasteiger partial charge in [0.15, 0.2) is 6.29 Å².